The summed E-state index contributed by atoms with van der Waals surface area (Å²) in [7, 11) is 3.14. The zero-order valence-corrected chi connectivity index (χ0v) is 16.0. The molecule has 0 fully saturated rings. The van der Waals surface area contributed by atoms with E-state index >= 15 is 0 Å². The van der Waals surface area contributed by atoms with Gasteiger partial charge in [-0.25, -0.2) is 9.97 Å². The van der Waals surface area contributed by atoms with E-state index in [1.54, 1.807) is 43.7 Å². The van der Waals surface area contributed by atoms with Crippen molar-refractivity contribution in [2.24, 2.45) is 7.05 Å². The summed E-state index contributed by atoms with van der Waals surface area (Å²) in [4.78, 5) is 25.8. The number of ether oxygens (including phenoxy) is 1. The molecule has 2 N–H and O–H groups in total. The van der Waals surface area contributed by atoms with Crippen molar-refractivity contribution >= 4 is 16.7 Å². The van der Waals surface area contributed by atoms with E-state index < -0.39 is 0 Å². The predicted octanol–water partition coefficient (Wildman–Crippen LogP) is 2.72. The van der Waals surface area contributed by atoms with Gasteiger partial charge in [-0.2, -0.15) is 0 Å². The van der Waals surface area contributed by atoms with Crippen LogP contribution in [0.5, 0.6) is 11.5 Å². The molecule has 0 saturated heterocycles. The molecular weight excluding hydrogens is 370 g/mol. The average molecular weight is 389 g/mol. The van der Waals surface area contributed by atoms with Crippen molar-refractivity contribution in [3.05, 3.63) is 71.0 Å². The number of pyridine rings is 2. The Labute approximate surface area is 166 Å². The lowest BCUT2D eigenvalue weighted by Crippen LogP contribution is -2.19. The van der Waals surface area contributed by atoms with Gasteiger partial charge in [-0.1, -0.05) is 0 Å². The van der Waals surface area contributed by atoms with Crippen LogP contribution in [0.4, 0.5) is 5.82 Å². The highest BCUT2D eigenvalue weighted by atomic mass is 16.5. The molecule has 0 atom stereocenters. The van der Waals surface area contributed by atoms with Crippen LogP contribution in [0.15, 0.2) is 59.9 Å². The number of nitrogens with zero attached hydrogens (tertiary/aromatic N) is 4. The largest absolute Gasteiger partial charge is 0.504 e. The lowest BCUT2D eigenvalue weighted by molar-refractivity contribution is 0.373. The highest BCUT2D eigenvalue weighted by Crippen LogP contribution is 2.32. The molecule has 0 unspecified atom stereocenters. The molecule has 4 rings (SSSR count). The zero-order valence-electron chi connectivity index (χ0n) is 16.0. The molecule has 8 heteroatoms. The molecule has 3 heterocycles. The van der Waals surface area contributed by atoms with Crippen LogP contribution in [0, 0.1) is 0 Å². The normalized spacial score (nSPS) is 10.8. The quantitative estimate of drug-likeness (QED) is 0.541. The van der Waals surface area contributed by atoms with Crippen LogP contribution in [-0.2, 0) is 13.6 Å². The number of aromatic nitrogens is 4. The van der Waals surface area contributed by atoms with Gasteiger partial charge in [-0.3, -0.25) is 9.78 Å². The van der Waals surface area contributed by atoms with Gasteiger partial charge in [-0.05, 0) is 42.0 Å². The minimum Gasteiger partial charge on any atom is -0.504 e. The molecular formula is C21H19N5O3. The van der Waals surface area contributed by atoms with E-state index in [9.17, 15) is 9.90 Å². The number of fused-ring (bicyclic) bond motifs is 1. The smallest absolute Gasteiger partial charge is 0.264 e. The number of hydrogen-bond donors (Lipinski definition) is 2. The summed E-state index contributed by atoms with van der Waals surface area (Å²) in [5, 5.41) is 13.8. The molecule has 4 aromatic rings. The fraction of sp³-hybridized carbons (Fsp3) is 0.143. The highest BCUT2D eigenvalue weighted by Gasteiger charge is 2.14. The SMILES string of the molecule is COc1ccc(-c2cc3ncn(C)c(=O)c3c(NCc3ccncc3)n2)cc1O. The molecule has 0 spiro atoms. The van der Waals surface area contributed by atoms with Gasteiger partial charge in [0.2, 0.25) is 0 Å². The third-order valence-corrected chi connectivity index (χ3v) is 4.59. The molecule has 3 aromatic heterocycles. The Hall–Kier alpha value is -3.94. The minimum atomic E-state index is -0.191. The van der Waals surface area contributed by atoms with E-state index in [0.717, 1.165) is 5.56 Å². The van der Waals surface area contributed by atoms with Crippen LogP contribution in [0.25, 0.3) is 22.2 Å². The summed E-state index contributed by atoms with van der Waals surface area (Å²) >= 11 is 0. The van der Waals surface area contributed by atoms with Crippen molar-refractivity contribution in [2.45, 2.75) is 6.54 Å². The molecule has 146 valence electrons. The summed E-state index contributed by atoms with van der Waals surface area (Å²) in [6.07, 6.45) is 4.89. The van der Waals surface area contributed by atoms with Crippen molar-refractivity contribution in [3.63, 3.8) is 0 Å². The van der Waals surface area contributed by atoms with Crippen molar-refractivity contribution in [1.29, 1.82) is 0 Å². The molecule has 0 aliphatic carbocycles. The zero-order chi connectivity index (χ0) is 20.4. The van der Waals surface area contributed by atoms with Crippen LogP contribution in [0.1, 0.15) is 5.56 Å². The number of anilines is 1. The van der Waals surface area contributed by atoms with Crippen molar-refractivity contribution in [2.75, 3.05) is 12.4 Å². The lowest BCUT2D eigenvalue weighted by Gasteiger charge is -2.12. The van der Waals surface area contributed by atoms with E-state index in [4.69, 9.17) is 4.74 Å². The number of benzene rings is 1. The number of phenols is 1. The van der Waals surface area contributed by atoms with E-state index in [1.807, 2.05) is 12.1 Å². The summed E-state index contributed by atoms with van der Waals surface area (Å²) in [5.41, 5.74) is 2.59. The van der Waals surface area contributed by atoms with Gasteiger partial charge >= 0.3 is 0 Å². The summed E-state index contributed by atoms with van der Waals surface area (Å²) in [6, 6.07) is 10.5. The summed E-state index contributed by atoms with van der Waals surface area (Å²) in [5.74, 6) is 0.811. The maximum atomic E-state index is 12.7. The summed E-state index contributed by atoms with van der Waals surface area (Å²) < 4.78 is 6.52. The molecule has 0 bridgehead atoms. The number of rotatable bonds is 5. The number of nitrogens with one attached hydrogen (secondary N) is 1. The van der Waals surface area contributed by atoms with Gasteiger partial charge in [-0.15, -0.1) is 0 Å². The Morgan fingerprint density at radius 2 is 1.97 bits per heavy atom. The second-order valence-electron chi connectivity index (χ2n) is 6.51. The van der Waals surface area contributed by atoms with Gasteiger partial charge in [0, 0.05) is 31.5 Å². The minimum absolute atomic E-state index is 0.00938. The molecule has 8 nitrogen and oxygen atoms in total. The number of hydrogen-bond acceptors (Lipinski definition) is 7. The molecule has 0 amide bonds. The maximum Gasteiger partial charge on any atom is 0.264 e. The average Bonchev–Trinajstić information content (AvgIpc) is 2.75. The summed E-state index contributed by atoms with van der Waals surface area (Å²) in [6.45, 7) is 0.472. The second kappa shape index (κ2) is 7.59. The maximum absolute atomic E-state index is 12.7. The number of aryl methyl sites for hydroxylation is 1. The first kappa shape index (κ1) is 18.4. The Morgan fingerprint density at radius 1 is 1.17 bits per heavy atom. The third-order valence-electron chi connectivity index (χ3n) is 4.59. The fourth-order valence-electron chi connectivity index (χ4n) is 3.03. The van der Waals surface area contributed by atoms with Crippen molar-refractivity contribution < 1.29 is 9.84 Å². The van der Waals surface area contributed by atoms with Crippen LogP contribution in [0.3, 0.4) is 0 Å². The molecule has 0 radical (unpaired) electrons. The van der Waals surface area contributed by atoms with Crippen molar-refractivity contribution in [1.82, 2.24) is 19.5 Å². The van der Waals surface area contributed by atoms with Gasteiger partial charge in [0.05, 0.1) is 24.6 Å². The fourth-order valence-corrected chi connectivity index (χ4v) is 3.03. The van der Waals surface area contributed by atoms with Crippen LogP contribution < -0.4 is 15.6 Å². The molecule has 0 aliphatic rings. The van der Waals surface area contributed by atoms with E-state index in [0.29, 0.717) is 40.3 Å². The first-order chi connectivity index (χ1) is 14.1. The monoisotopic (exact) mass is 389 g/mol. The first-order valence-corrected chi connectivity index (χ1v) is 8.93. The lowest BCUT2D eigenvalue weighted by atomic mass is 10.1. The van der Waals surface area contributed by atoms with Gasteiger partial charge in [0.1, 0.15) is 11.2 Å². The highest BCUT2D eigenvalue weighted by molar-refractivity contribution is 5.91. The van der Waals surface area contributed by atoms with Gasteiger partial charge < -0.3 is 19.7 Å². The Kier molecular flexibility index (Phi) is 4.82. The van der Waals surface area contributed by atoms with Crippen molar-refractivity contribution in [3.8, 4) is 22.8 Å². The second-order valence-corrected chi connectivity index (χ2v) is 6.51. The molecule has 1 aromatic carbocycles. The van der Waals surface area contributed by atoms with Gasteiger partial charge in [0.25, 0.3) is 5.56 Å². The first-order valence-electron chi connectivity index (χ1n) is 8.93. The number of aromatic hydroxyl groups is 1. The van der Waals surface area contributed by atoms with E-state index in [1.165, 1.54) is 18.0 Å². The third kappa shape index (κ3) is 3.60. The molecule has 0 aliphatic heterocycles. The topological polar surface area (TPSA) is 102 Å². The Morgan fingerprint density at radius 3 is 2.69 bits per heavy atom. The molecule has 0 saturated carbocycles. The standard InChI is InChI=1S/C21H19N5O3/c1-26-12-24-16-10-15(14-3-4-18(29-2)17(27)9-14)25-20(19(16)21(26)28)23-11-13-5-7-22-8-6-13/h3-10,12,27H,11H2,1-2H3,(H,23,25). The van der Waals surface area contributed by atoms with Crippen LogP contribution in [0.2, 0.25) is 0 Å². The van der Waals surface area contributed by atoms with E-state index in [-0.39, 0.29) is 11.3 Å². The van der Waals surface area contributed by atoms with E-state index in [2.05, 4.69) is 20.3 Å². The van der Waals surface area contributed by atoms with Crippen LogP contribution in [-0.4, -0.2) is 31.7 Å². The predicted molar refractivity (Wildman–Crippen MR) is 110 cm³/mol. The number of phenolic OH excluding ortho intramolecular Hbond substituents is 1. The number of methoxy groups -OCH3 is 1. The Balaban J connectivity index is 1.84. The van der Waals surface area contributed by atoms with Crippen LogP contribution >= 0.6 is 0 Å². The molecule has 29 heavy (non-hydrogen) atoms. The Bertz CT molecular complexity index is 1240. The van der Waals surface area contributed by atoms with Gasteiger partial charge in [0.15, 0.2) is 11.5 Å².